The first kappa shape index (κ1) is 22.4. The molecular weight excluding hydrogens is 430 g/mol. The predicted octanol–water partition coefficient (Wildman–Crippen LogP) is 2.58. The third-order valence-electron chi connectivity index (χ3n) is 5.11. The second-order valence-electron chi connectivity index (χ2n) is 7.23. The number of carbonyl (C=O) groups is 3. The van der Waals surface area contributed by atoms with Gasteiger partial charge in [-0.05, 0) is 38.1 Å². The Labute approximate surface area is 190 Å². The second kappa shape index (κ2) is 9.78. The molecule has 3 heterocycles. The number of urea groups is 1. The van der Waals surface area contributed by atoms with Crippen molar-refractivity contribution in [1.29, 1.82) is 0 Å². The van der Waals surface area contributed by atoms with Gasteiger partial charge >= 0.3 is 6.03 Å². The van der Waals surface area contributed by atoms with E-state index < -0.39 is 17.8 Å². The number of hydrogen-bond acceptors (Lipinski definition) is 8. The summed E-state index contributed by atoms with van der Waals surface area (Å²) >= 11 is 0. The average Bonchev–Trinajstić information content (AvgIpc) is 3.28. The minimum absolute atomic E-state index is 0.203. The van der Waals surface area contributed by atoms with Gasteiger partial charge in [0.2, 0.25) is 0 Å². The van der Waals surface area contributed by atoms with Crippen molar-refractivity contribution in [2.45, 2.75) is 13.8 Å². The van der Waals surface area contributed by atoms with Gasteiger partial charge in [-0.3, -0.25) is 14.9 Å². The topological polar surface area (TPSA) is 111 Å². The van der Waals surface area contributed by atoms with Crippen LogP contribution in [-0.4, -0.2) is 57.4 Å². The lowest BCUT2D eigenvalue weighted by atomic mass is 10.1. The molecule has 2 fully saturated rings. The molecule has 4 amide bonds. The van der Waals surface area contributed by atoms with Crippen molar-refractivity contribution in [3.8, 4) is 11.5 Å². The summed E-state index contributed by atoms with van der Waals surface area (Å²) in [5.41, 5.74) is -0.0246. The highest BCUT2D eigenvalue weighted by molar-refractivity contribution is 6.39. The number of rotatable bonds is 7. The minimum Gasteiger partial charge on any atom is -0.494 e. The van der Waals surface area contributed by atoms with Crippen LogP contribution in [0.2, 0.25) is 0 Å². The average molecular weight is 455 g/mol. The van der Waals surface area contributed by atoms with E-state index in [1.165, 1.54) is 6.08 Å². The number of imide groups is 2. The van der Waals surface area contributed by atoms with E-state index in [0.29, 0.717) is 56.9 Å². The van der Waals surface area contributed by atoms with Crippen molar-refractivity contribution in [3.05, 3.63) is 41.7 Å². The molecule has 174 valence electrons. The van der Waals surface area contributed by atoms with Gasteiger partial charge < -0.3 is 23.5 Å². The molecule has 4 rings (SSSR count). The van der Waals surface area contributed by atoms with Gasteiger partial charge in [0.15, 0.2) is 5.88 Å². The normalized spacial score (nSPS) is 18.0. The molecule has 10 heteroatoms. The molecule has 2 saturated heterocycles. The first-order valence-electron chi connectivity index (χ1n) is 10.8. The van der Waals surface area contributed by atoms with Crippen LogP contribution in [0.3, 0.4) is 0 Å². The summed E-state index contributed by atoms with van der Waals surface area (Å²) in [4.78, 5) is 41.2. The number of benzene rings is 1. The largest absolute Gasteiger partial charge is 0.494 e. The summed E-state index contributed by atoms with van der Waals surface area (Å²) < 4.78 is 22.3. The SMILES string of the molecule is CCOc1ccc(N2C(=O)NC(=O)/C(=C\c3ccc(N4CCOCC4)o3)C2=O)c(OCC)c1. The van der Waals surface area contributed by atoms with Crippen LogP contribution in [0.15, 0.2) is 40.3 Å². The lowest BCUT2D eigenvalue weighted by Gasteiger charge is -2.28. The van der Waals surface area contributed by atoms with Crippen molar-refractivity contribution in [1.82, 2.24) is 5.32 Å². The Balaban J connectivity index is 1.64. The van der Waals surface area contributed by atoms with Crippen LogP contribution in [0.4, 0.5) is 16.4 Å². The van der Waals surface area contributed by atoms with Gasteiger partial charge in [-0.25, -0.2) is 9.69 Å². The standard InChI is InChI=1S/C23H25N3O7/c1-3-31-15-5-7-18(19(14-15)32-4-2)26-22(28)17(21(27)24-23(26)29)13-16-6-8-20(33-16)25-9-11-30-12-10-25/h5-8,13-14H,3-4,9-12H2,1-2H3,(H,24,27,29)/b17-13+. The summed E-state index contributed by atoms with van der Waals surface area (Å²) in [6.07, 6.45) is 1.33. The van der Waals surface area contributed by atoms with E-state index in [-0.39, 0.29) is 17.0 Å². The van der Waals surface area contributed by atoms with E-state index in [4.69, 9.17) is 18.6 Å². The van der Waals surface area contributed by atoms with Crippen molar-refractivity contribution in [2.75, 3.05) is 49.3 Å². The number of amides is 4. The van der Waals surface area contributed by atoms with Crippen LogP contribution in [0.25, 0.3) is 6.08 Å². The van der Waals surface area contributed by atoms with E-state index in [9.17, 15) is 14.4 Å². The fourth-order valence-electron chi connectivity index (χ4n) is 3.60. The number of ether oxygens (including phenoxy) is 3. The number of morpholine rings is 1. The molecule has 0 unspecified atom stereocenters. The van der Waals surface area contributed by atoms with Gasteiger partial charge in [-0.2, -0.15) is 0 Å². The van der Waals surface area contributed by atoms with E-state index in [1.807, 2.05) is 11.8 Å². The molecule has 0 saturated carbocycles. The molecule has 1 aromatic carbocycles. The highest BCUT2D eigenvalue weighted by Gasteiger charge is 2.38. The Kier molecular flexibility index (Phi) is 6.64. The zero-order chi connectivity index (χ0) is 23.4. The van der Waals surface area contributed by atoms with Gasteiger partial charge in [-0.15, -0.1) is 0 Å². The zero-order valence-electron chi connectivity index (χ0n) is 18.5. The molecule has 10 nitrogen and oxygen atoms in total. The molecular formula is C23H25N3O7. The molecule has 0 aliphatic carbocycles. The monoisotopic (exact) mass is 455 g/mol. The van der Waals surface area contributed by atoms with E-state index in [2.05, 4.69) is 5.32 Å². The molecule has 2 aliphatic rings. The van der Waals surface area contributed by atoms with Crippen LogP contribution in [0.5, 0.6) is 11.5 Å². The number of anilines is 2. The fraction of sp³-hybridized carbons (Fsp3) is 0.348. The lowest BCUT2D eigenvalue weighted by Crippen LogP contribution is -2.54. The van der Waals surface area contributed by atoms with Gasteiger partial charge in [0.25, 0.3) is 11.8 Å². The number of carbonyl (C=O) groups excluding carboxylic acids is 3. The van der Waals surface area contributed by atoms with Gasteiger partial charge in [0, 0.05) is 25.2 Å². The molecule has 1 N–H and O–H groups in total. The number of nitrogens with one attached hydrogen (secondary N) is 1. The molecule has 1 aromatic heterocycles. The smallest absolute Gasteiger partial charge is 0.336 e. The number of barbiturate groups is 1. The lowest BCUT2D eigenvalue weighted by molar-refractivity contribution is -0.122. The zero-order valence-corrected chi connectivity index (χ0v) is 18.5. The summed E-state index contributed by atoms with van der Waals surface area (Å²) in [5.74, 6) is 0.182. The van der Waals surface area contributed by atoms with Gasteiger partial charge in [0.1, 0.15) is 22.8 Å². The van der Waals surface area contributed by atoms with Crippen molar-refractivity contribution >= 4 is 35.5 Å². The highest BCUT2D eigenvalue weighted by atomic mass is 16.5. The van der Waals surface area contributed by atoms with Crippen LogP contribution in [0.1, 0.15) is 19.6 Å². The molecule has 33 heavy (non-hydrogen) atoms. The second-order valence-corrected chi connectivity index (χ2v) is 7.23. The summed E-state index contributed by atoms with van der Waals surface area (Å²) in [6, 6.07) is 7.35. The van der Waals surface area contributed by atoms with Gasteiger partial charge in [-0.1, -0.05) is 0 Å². The van der Waals surface area contributed by atoms with Gasteiger partial charge in [0.05, 0.1) is 32.1 Å². The van der Waals surface area contributed by atoms with Crippen molar-refractivity contribution in [3.63, 3.8) is 0 Å². The highest BCUT2D eigenvalue weighted by Crippen LogP contribution is 2.35. The molecule has 0 atom stereocenters. The molecule has 0 radical (unpaired) electrons. The molecule has 0 bridgehead atoms. The van der Waals surface area contributed by atoms with E-state index in [0.717, 1.165) is 4.90 Å². The molecule has 0 spiro atoms. The summed E-state index contributed by atoms with van der Waals surface area (Å²) in [5, 5.41) is 2.21. The molecule has 2 aromatic rings. The first-order valence-corrected chi connectivity index (χ1v) is 10.8. The van der Waals surface area contributed by atoms with Crippen LogP contribution in [-0.2, 0) is 14.3 Å². The quantitative estimate of drug-likeness (QED) is 0.501. The fourth-order valence-corrected chi connectivity index (χ4v) is 3.60. The van der Waals surface area contributed by atoms with Crippen molar-refractivity contribution in [2.24, 2.45) is 0 Å². The van der Waals surface area contributed by atoms with Crippen molar-refractivity contribution < 1.29 is 33.0 Å². The Morgan fingerprint density at radius 2 is 1.79 bits per heavy atom. The number of nitrogens with zero attached hydrogens (tertiary/aromatic N) is 2. The summed E-state index contributed by atoms with van der Waals surface area (Å²) in [6.45, 7) is 6.95. The third kappa shape index (κ3) is 4.70. The minimum atomic E-state index is -0.860. The Morgan fingerprint density at radius 3 is 2.52 bits per heavy atom. The maximum atomic E-state index is 13.2. The maximum absolute atomic E-state index is 13.2. The Bertz CT molecular complexity index is 1090. The number of furan rings is 1. The van der Waals surface area contributed by atoms with Crippen LogP contribution >= 0.6 is 0 Å². The molecule has 2 aliphatic heterocycles. The first-order chi connectivity index (χ1) is 16.0. The predicted molar refractivity (Wildman–Crippen MR) is 120 cm³/mol. The Morgan fingerprint density at radius 1 is 1.03 bits per heavy atom. The van der Waals surface area contributed by atoms with Crippen LogP contribution in [0, 0.1) is 0 Å². The third-order valence-corrected chi connectivity index (χ3v) is 5.11. The maximum Gasteiger partial charge on any atom is 0.336 e. The number of hydrogen-bond donors (Lipinski definition) is 1. The summed E-state index contributed by atoms with van der Waals surface area (Å²) in [7, 11) is 0. The van der Waals surface area contributed by atoms with E-state index in [1.54, 1.807) is 37.3 Å². The van der Waals surface area contributed by atoms with E-state index >= 15 is 0 Å². The van der Waals surface area contributed by atoms with Crippen LogP contribution < -0.4 is 24.6 Å². The Hall–Kier alpha value is -3.79.